The van der Waals surface area contributed by atoms with E-state index in [0.29, 0.717) is 5.56 Å². The lowest BCUT2D eigenvalue weighted by atomic mass is 10.0. The normalized spacial score (nSPS) is 10.5. The smallest absolute Gasteiger partial charge is 0.227 e. The molecule has 1 heterocycles. The van der Waals surface area contributed by atoms with E-state index in [9.17, 15) is 14.7 Å². The van der Waals surface area contributed by atoms with Crippen LogP contribution in [0, 0.1) is 0 Å². The van der Waals surface area contributed by atoms with Gasteiger partial charge in [0.05, 0.1) is 6.54 Å². The van der Waals surface area contributed by atoms with Crippen LogP contribution >= 0.6 is 0 Å². The summed E-state index contributed by atoms with van der Waals surface area (Å²) in [5.74, 6) is -0.310. The molecule has 0 aliphatic rings. The number of nitrogens with one attached hydrogen (secondary N) is 1. The molecular formula is C20H17NO5. The summed E-state index contributed by atoms with van der Waals surface area (Å²) in [6.07, 6.45) is 0.802. The van der Waals surface area contributed by atoms with Gasteiger partial charge in [-0.15, -0.1) is 0 Å². The highest BCUT2D eigenvalue weighted by Crippen LogP contribution is 2.22. The Bertz CT molecular complexity index is 959. The van der Waals surface area contributed by atoms with E-state index in [0.717, 1.165) is 29.2 Å². The van der Waals surface area contributed by atoms with Crippen molar-refractivity contribution in [3.05, 3.63) is 81.9 Å². The summed E-state index contributed by atoms with van der Waals surface area (Å²) in [6, 6.07) is 15.9. The number of aliphatic hydroxyl groups excluding tert-OH is 1. The minimum atomic E-state index is -0.591. The quantitative estimate of drug-likeness (QED) is 0.591. The van der Waals surface area contributed by atoms with Crippen LogP contribution in [-0.2, 0) is 13.2 Å². The Morgan fingerprint density at radius 1 is 1.00 bits per heavy atom. The Morgan fingerprint density at radius 3 is 2.19 bits per heavy atom. The van der Waals surface area contributed by atoms with Gasteiger partial charge in [-0.3, -0.25) is 9.59 Å². The molecule has 0 saturated carbocycles. The number of carbonyl (C=O) groups excluding carboxylic acids is 1. The molecule has 0 atom stereocenters. The van der Waals surface area contributed by atoms with E-state index >= 15 is 0 Å². The first-order valence-electron chi connectivity index (χ1n) is 7.96. The molecule has 0 spiro atoms. The number of aliphatic hydroxyl groups is 1. The monoisotopic (exact) mass is 351 g/mol. The molecule has 6 heteroatoms. The van der Waals surface area contributed by atoms with Gasteiger partial charge >= 0.3 is 0 Å². The Kier molecular flexibility index (Phi) is 5.15. The molecule has 0 amide bonds. The molecule has 3 rings (SSSR count). The zero-order valence-electron chi connectivity index (χ0n) is 13.8. The van der Waals surface area contributed by atoms with Crippen LogP contribution in [0.15, 0.2) is 63.8 Å². The highest BCUT2D eigenvalue weighted by Gasteiger charge is 2.10. The van der Waals surface area contributed by atoms with Gasteiger partial charge < -0.3 is 19.9 Å². The fraction of sp³-hybridized carbons (Fsp3) is 0.100. The maximum absolute atomic E-state index is 11.6. The van der Waals surface area contributed by atoms with Gasteiger partial charge in [-0.05, 0) is 23.3 Å². The van der Waals surface area contributed by atoms with Gasteiger partial charge in [0.1, 0.15) is 18.7 Å². The average Bonchev–Trinajstić information content (AvgIpc) is 2.69. The lowest BCUT2D eigenvalue weighted by molar-refractivity contribution is 0.112. The number of hydrogen-bond acceptors (Lipinski definition) is 6. The van der Waals surface area contributed by atoms with Gasteiger partial charge in [-0.2, -0.15) is 0 Å². The number of rotatable bonds is 6. The third-order valence-corrected chi connectivity index (χ3v) is 3.92. The van der Waals surface area contributed by atoms with E-state index in [-0.39, 0.29) is 18.1 Å². The second kappa shape index (κ2) is 7.67. The fourth-order valence-corrected chi connectivity index (χ4v) is 2.50. The molecule has 1 aromatic heterocycles. The largest absolute Gasteiger partial charge is 0.502 e. The van der Waals surface area contributed by atoms with Crippen molar-refractivity contribution >= 4 is 12.0 Å². The molecule has 3 aromatic rings. The first-order chi connectivity index (χ1) is 12.6. The summed E-state index contributed by atoms with van der Waals surface area (Å²) in [5, 5.41) is 21.9. The SMILES string of the molecule is O=Cc1ccc(-c2ccc(NCc3oc(CO)cc(=O)c3O)cc2)cc1. The molecule has 3 N–H and O–H groups in total. The number of hydrogen-bond donors (Lipinski definition) is 3. The van der Waals surface area contributed by atoms with Crippen LogP contribution in [-0.4, -0.2) is 16.5 Å². The lowest BCUT2D eigenvalue weighted by Gasteiger charge is -2.09. The number of anilines is 1. The van der Waals surface area contributed by atoms with Gasteiger partial charge in [0.2, 0.25) is 11.2 Å². The summed E-state index contributed by atoms with van der Waals surface area (Å²) >= 11 is 0. The van der Waals surface area contributed by atoms with Gasteiger partial charge in [0, 0.05) is 17.3 Å². The third kappa shape index (κ3) is 3.81. The van der Waals surface area contributed by atoms with Gasteiger partial charge in [-0.1, -0.05) is 36.4 Å². The van der Waals surface area contributed by atoms with Crippen LogP contribution in [0.2, 0.25) is 0 Å². The van der Waals surface area contributed by atoms with E-state index in [1.807, 2.05) is 36.4 Å². The van der Waals surface area contributed by atoms with E-state index < -0.39 is 17.8 Å². The molecule has 0 radical (unpaired) electrons. The van der Waals surface area contributed by atoms with Gasteiger partial charge in [0.25, 0.3) is 0 Å². The van der Waals surface area contributed by atoms with Crippen LogP contribution in [0.3, 0.4) is 0 Å². The van der Waals surface area contributed by atoms with Gasteiger partial charge in [-0.25, -0.2) is 0 Å². The van der Waals surface area contributed by atoms with Crippen molar-refractivity contribution < 1.29 is 19.4 Å². The van der Waals surface area contributed by atoms with Crippen LogP contribution in [0.5, 0.6) is 5.75 Å². The molecule has 2 aromatic carbocycles. The van der Waals surface area contributed by atoms with Crippen LogP contribution in [0.25, 0.3) is 11.1 Å². The maximum atomic E-state index is 11.6. The Morgan fingerprint density at radius 2 is 1.62 bits per heavy atom. The minimum absolute atomic E-state index is 0.0649. The van der Waals surface area contributed by atoms with Crippen molar-refractivity contribution in [1.29, 1.82) is 0 Å². The fourth-order valence-electron chi connectivity index (χ4n) is 2.50. The molecule has 0 aliphatic heterocycles. The topological polar surface area (TPSA) is 99.8 Å². The third-order valence-electron chi connectivity index (χ3n) is 3.92. The number of aldehydes is 1. The predicted octanol–water partition coefficient (Wildman–Crippen LogP) is 2.93. The van der Waals surface area contributed by atoms with Crippen molar-refractivity contribution in [2.24, 2.45) is 0 Å². The summed E-state index contributed by atoms with van der Waals surface area (Å²) in [4.78, 5) is 22.3. The number of aromatic hydroxyl groups is 1. The molecule has 0 fully saturated rings. The Balaban J connectivity index is 1.72. The summed E-state index contributed by atoms with van der Waals surface area (Å²) < 4.78 is 5.28. The van der Waals surface area contributed by atoms with Crippen LogP contribution in [0.4, 0.5) is 5.69 Å². The highest BCUT2D eigenvalue weighted by atomic mass is 16.4. The summed E-state index contributed by atoms with van der Waals surface area (Å²) in [7, 11) is 0. The Labute approximate surface area is 149 Å². The van der Waals surface area contributed by atoms with Crippen molar-refractivity contribution in [2.75, 3.05) is 5.32 Å². The molecule has 0 aliphatic carbocycles. The first kappa shape index (κ1) is 17.4. The zero-order chi connectivity index (χ0) is 18.5. The predicted molar refractivity (Wildman–Crippen MR) is 97.2 cm³/mol. The Hall–Kier alpha value is -3.38. The number of carbonyl (C=O) groups is 1. The average molecular weight is 351 g/mol. The lowest BCUT2D eigenvalue weighted by Crippen LogP contribution is -2.08. The number of benzene rings is 2. The zero-order valence-corrected chi connectivity index (χ0v) is 13.8. The van der Waals surface area contributed by atoms with Crippen LogP contribution in [0.1, 0.15) is 21.9 Å². The molecule has 0 bridgehead atoms. The molecule has 26 heavy (non-hydrogen) atoms. The van der Waals surface area contributed by atoms with Crippen molar-refractivity contribution in [1.82, 2.24) is 0 Å². The standard InChI is InChI=1S/C20H17NO5/c22-11-13-1-3-14(4-2-13)15-5-7-16(8-6-15)21-10-19-20(25)18(24)9-17(12-23)26-19/h1-9,11,21,23,25H,10,12H2. The summed E-state index contributed by atoms with van der Waals surface area (Å²) in [5.41, 5.74) is 2.78. The molecular weight excluding hydrogens is 334 g/mol. The molecule has 132 valence electrons. The molecule has 0 saturated heterocycles. The summed E-state index contributed by atoms with van der Waals surface area (Å²) in [6.45, 7) is -0.317. The van der Waals surface area contributed by atoms with E-state index in [1.54, 1.807) is 12.1 Å². The maximum Gasteiger partial charge on any atom is 0.227 e. The molecule has 0 unspecified atom stereocenters. The van der Waals surface area contributed by atoms with Crippen molar-refractivity contribution in [2.45, 2.75) is 13.2 Å². The van der Waals surface area contributed by atoms with Crippen molar-refractivity contribution in [3.8, 4) is 16.9 Å². The minimum Gasteiger partial charge on any atom is -0.502 e. The molecule has 6 nitrogen and oxygen atoms in total. The second-order valence-electron chi connectivity index (χ2n) is 5.68. The second-order valence-corrected chi connectivity index (χ2v) is 5.68. The highest BCUT2D eigenvalue weighted by molar-refractivity contribution is 5.77. The van der Waals surface area contributed by atoms with E-state index in [2.05, 4.69) is 5.32 Å². The van der Waals surface area contributed by atoms with Crippen molar-refractivity contribution in [3.63, 3.8) is 0 Å². The van der Waals surface area contributed by atoms with Crippen LogP contribution < -0.4 is 10.7 Å². The van der Waals surface area contributed by atoms with E-state index in [4.69, 9.17) is 9.52 Å². The van der Waals surface area contributed by atoms with Gasteiger partial charge in [0.15, 0.2) is 5.76 Å². The first-order valence-corrected chi connectivity index (χ1v) is 7.96. The van der Waals surface area contributed by atoms with E-state index in [1.165, 1.54) is 0 Å².